The molecule has 0 bridgehead atoms. The van der Waals surface area contributed by atoms with Gasteiger partial charge in [0.05, 0.1) is 0 Å². The minimum atomic E-state index is 0.884. The molecule has 124 valence electrons. The maximum atomic E-state index is 3.36. The Morgan fingerprint density at radius 3 is 1.17 bits per heavy atom. The van der Waals surface area contributed by atoms with Crippen LogP contribution >= 0.6 is 0 Å². The van der Waals surface area contributed by atoms with Crippen molar-refractivity contribution in [2.75, 3.05) is 0 Å². The first-order chi connectivity index (χ1) is 10.9. The Kier molecular flexibility index (Phi) is 11.3. The van der Waals surface area contributed by atoms with Crippen molar-refractivity contribution in [1.82, 2.24) is 0 Å². The van der Waals surface area contributed by atoms with Crippen LogP contribution < -0.4 is 0 Å². The average Bonchev–Trinajstić information content (AvgIpc) is 2.57. The third kappa shape index (κ3) is 10.3. The topological polar surface area (TPSA) is 0 Å². The van der Waals surface area contributed by atoms with Crippen LogP contribution in [0.5, 0.6) is 0 Å². The highest BCUT2D eigenvalue weighted by Crippen LogP contribution is 2.19. The smallest absolute Gasteiger partial charge is 0.0184 e. The van der Waals surface area contributed by atoms with Gasteiger partial charge >= 0.3 is 0 Å². The van der Waals surface area contributed by atoms with E-state index in [1.165, 1.54) is 28.7 Å². The van der Waals surface area contributed by atoms with Crippen LogP contribution in [0.4, 0.5) is 0 Å². The molecule has 2 aromatic carbocycles. The second-order valence-electron chi connectivity index (χ2n) is 6.01. The first kappa shape index (κ1) is 20.9. The lowest BCUT2D eigenvalue weighted by Gasteiger charge is -2.02. The molecule has 0 saturated carbocycles. The molecule has 0 aliphatic rings. The molecule has 0 heterocycles. The van der Waals surface area contributed by atoms with Gasteiger partial charge in [0, 0.05) is 0 Å². The van der Waals surface area contributed by atoms with Crippen molar-refractivity contribution in [3.05, 3.63) is 85.0 Å². The third-order valence-electron chi connectivity index (χ3n) is 3.42. The molecule has 0 atom stereocenters. The Morgan fingerprint density at radius 2 is 1.00 bits per heavy atom. The molecule has 0 spiro atoms. The molecule has 0 aliphatic heterocycles. The van der Waals surface area contributed by atoms with Crippen molar-refractivity contribution in [3.63, 3.8) is 0 Å². The highest BCUT2D eigenvalue weighted by Gasteiger charge is 1.95. The van der Waals surface area contributed by atoms with Gasteiger partial charge in [0.15, 0.2) is 0 Å². The zero-order chi connectivity index (χ0) is 17.7. The van der Waals surface area contributed by atoms with Crippen molar-refractivity contribution in [1.29, 1.82) is 0 Å². The lowest BCUT2D eigenvalue weighted by atomic mass is 10.0. The Balaban J connectivity index is 0.000000450. The molecular weight excluding hydrogens is 276 g/mol. The zero-order valence-electron chi connectivity index (χ0n) is 15.5. The fourth-order valence-corrected chi connectivity index (χ4v) is 1.49. The largest absolute Gasteiger partial charge is 0.0991 e. The maximum Gasteiger partial charge on any atom is -0.0184 e. The van der Waals surface area contributed by atoms with Crippen molar-refractivity contribution in [2.24, 2.45) is 5.92 Å². The number of benzene rings is 2. The quantitative estimate of drug-likeness (QED) is 0.519. The van der Waals surface area contributed by atoms with Crippen LogP contribution in [0.25, 0.3) is 11.1 Å². The molecule has 2 aromatic rings. The monoisotopic (exact) mass is 308 g/mol. The summed E-state index contributed by atoms with van der Waals surface area (Å²) in [7, 11) is 0. The summed E-state index contributed by atoms with van der Waals surface area (Å²) in [6, 6.07) is 17.3. The SMILES string of the molecule is C=CC=C.CCC(C)C.Cc1ccc(-c2ccc(C)cc2)cc1. The summed E-state index contributed by atoms with van der Waals surface area (Å²) in [4.78, 5) is 0. The van der Waals surface area contributed by atoms with E-state index < -0.39 is 0 Å². The molecule has 2 rings (SSSR count). The molecule has 0 heteroatoms. The normalized spacial score (nSPS) is 9.13. The molecule has 0 unspecified atom stereocenters. The fourth-order valence-electron chi connectivity index (χ4n) is 1.49. The van der Waals surface area contributed by atoms with Gasteiger partial charge in [-0.2, -0.15) is 0 Å². The fraction of sp³-hybridized carbons (Fsp3) is 0.304. The van der Waals surface area contributed by atoms with Gasteiger partial charge in [-0.3, -0.25) is 0 Å². The van der Waals surface area contributed by atoms with Gasteiger partial charge < -0.3 is 0 Å². The molecule has 0 aromatic heterocycles. The summed E-state index contributed by atoms with van der Waals surface area (Å²) < 4.78 is 0. The number of allylic oxidation sites excluding steroid dienone is 2. The van der Waals surface area contributed by atoms with E-state index in [9.17, 15) is 0 Å². The molecule has 0 radical (unpaired) electrons. The summed E-state index contributed by atoms with van der Waals surface area (Å²) in [6.07, 6.45) is 4.58. The van der Waals surface area contributed by atoms with Gasteiger partial charge in [-0.15, -0.1) is 0 Å². The molecule has 0 N–H and O–H groups in total. The second kappa shape index (κ2) is 12.5. The molecule has 0 nitrogen and oxygen atoms in total. The number of aryl methyl sites for hydroxylation is 2. The van der Waals surface area contributed by atoms with Gasteiger partial charge in [0.2, 0.25) is 0 Å². The Bertz CT molecular complexity index is 492. The predicted molar refractivity (Wildman–Crippen MR) is 107 cm³/mol. The standard InChI is InChI=1S/C14H14.C5H12.C4H6/c1-11-3-7-13(8-4-11)14-9-5-12(2)6-10-14;1-4-5(2)3;1-3-4-2/h3-10H,1-2H3;5H,4H2,1-3H3;3-4H,1-2H2. The lowest BCUT2D eigenvalue weighted by Crippen LogP contribution is -1.78. The minimum Gasteiger partial charge on any atom is -0.0991 e. The van der Waals surface area contributed by atoms with Gasteiger partial charge in [-0.05, 0) is 30.9 Å². The third-order valence-corrected chi connectivity index (χ3v) is 3.42. The molecular formula is C23H32. The first-order valence-electron chi connectivity index (χ1n) is 8.31. The molecule has 0 aliphatic carbocycles. The van der Waals surface area contributed by atoms with E-state index in [4.69, 9.17) is 0 Å². The van der Waals surface area contributed by atoms with E-state index in [-0.39, 0.29) is 0 Å². The van der Waals surface area contributed by atoms with E-state index >= 15 is 0 Å². The summed E-state index contributed by atoms with van der Waals surface area (Å²) in [5, 5.41) is 0. The van der Waals surface area contributed by atoms with Crippen molar-refractivity contribution >= 4 is 0 Å². The van der Waals surface area contributed by atoms with Crippen molar-refractivity contribution < 1.29 is 0 Å². The average molecular weight is 309 g/mol. The summed E-state index contributed by atoms with van der Waals surface area (Å²) in [6.45, 7) is 17.6. The van der Waals surface area contributed by atoms with Gasteiger partial charge in [0.1, 0.15) is 0 Å². The minimum absolute atomic E-state index is 0.884. The molecule has 0 amide bonds. The van der Waals surface area contributed by atoms with Crippen LogP contribution in [0.1, 0.15) is 38.3 Å². The van der Waals surface area contributed by atoms with E-state index in [1.54, 1.807) is 12.2 Å². The number of hydrogen-bond donors (Lipinski definition) is 0. The van der Waals surface area contributed by atoms with Crippen LogP contribution in [0.2, 0.25) is 0 Å². The van der Waals surface area contributed by atoms with Gasteiger partial charge in [-0.25, -0.2) is 0 Å². The van der Waals surface area contributed by atoms with E-state index in [1.807, 2.05) is 0 Å². The number of rotatable bonds is 3. The molecule has 0 saturated heterocycles. The number of hydrogen-bond acceptors (Lipinski definition) is 0. The Morgan fingerprint density at radius 1 is 0.739 bits per heavy atom. The van der Waals surface area contributed by atoms with Crippen LogP contribution in [-0.4, -0.2) is 0 Å². The zero-order valence-corrected chi connectivity index (χ0v) is 15.5. The lowest BCUT2D eigenvalue weighted by molar-refractivity contribution is 0.626. The maximum absolute atomic E-state index is 3.36. The van der Waals surface area contributed by atoms with E-state index in [2.05, 4.69) is 96.3 Å². The second-order valence-corrected chi connectivity index (χ2v) is 6.01. The van der Waals surface area contributed by atoms with Crippen LogP contribution in [-0.2, 0) is 0 Å². The molecule has 23 heavy (non-hydrogen) atoms. The van der Waals surface area contributed by atoms with E-state index in [0.29, 0.717) is 0 Å². The first-order valence-corrected chi connectivity index (χ1v) is 8.31. The van der Waals surface area contributed by atoms with Crippen LogP contribution in [0.3, 0.4) is 0 Å². The highest BCUT2D eigenvalue weighted by atomic mass is 14.0. The summed E-state index contributed by atoms with van der Waals surface area (Å²) >= 11 is 0. The van der Waals surface area contributed by atoms with Crippen molar-refractivity contribution in [3.8, 4) is 11.1 Å². The Labute approximate surface area is 143 Å². The Hall–Kier alpha value is -2.08. The van der Waals surface area contributed by atoms with Gasteiger partial charge in [0.25, 0.3) is 0 Å². The highest BCUT2D eigenvalue weighted by molar-refractivity contribution is 5.63. The predicted octanol–water partition coefficient (Wildman–Crippen LogP) is 7.38. The molecule has 0 fully saturated rings. The van der Waals surface area contributed by atoms with Gasteiger partial charge in [-0.1, -0.05) is 112 Å². The van der Waals surface area contributed by atoms with Crippen LogP contribution in [0.15, 0.2) is 73.8 Å². The summed E-state index contributed by atoms with van der Waals surface area (Å²) in [5.41, 5.74) is 5.19. The van der Waals surface area contributed by atoms with E-state index in [0.717, 1.165) is 5.92 Å². The van der Waals surface area contributed by atoms with Crippen molar-refractivity contribution in [2.45, 2.75) is 41.0 Å². The summed E-state index contributed by atoms with van der Waals surface area (Å²) in [5.74, 6) is 0.884. The van der Waals surface area contributed by atoms with Crippen LogP contribution in [0, 0.1) is 19.8 Å².